The van der Waals surface area contributed by atoms with E-state index in [-0.39, 0.29) is 0 Å². The Morgan fingerprint density at radius 2 is 1.96 bits per heavy atom. The van der Waals surface area contributed by atoms with E-state index in [1.165, 1.54) is 32.1 Å². The molecule has 6 nitrogen and oxygen atoms in total. The molecule has 0 aromatic heterocycles. The van der Waals surface area contributed by atoms with Crippen LogP contribution in [0.5, 0.6) is 0 Å². The number of sulfone groups is 1. The average molecular weight is 395 g/mol. The van der Waals surface area contributed by atoms with Crippen molar-refractivity contribution < 1.29 is 8.42 Å². The lowest BCUT2D eigenvalue weighted by Gasteiger charge is -2.32. The van der Waals surface area contributed by atoms with E-state index < -0.39 is 9.84 Å². The lowest BCUT2D eigenvalue weighted by atomic mass is 10.0. The summed E-state index contributed by atoms with van der Waals surface area (Å²) in [7, 11) is -3.13. The molecule has 0 spiro atoms. The van der Waals surface area contributed by atoms with Crippen LogP contribution in [0.15, 0.2) is 34.2 Å². The van der Waals surface area contributed by atoms with Crippen LogP contribution >= 0.6 is 0 Å². The van der Waals surface area contributed by atoms with E-state index >= 15 is 0 Å². The van der Waals surface area contributed by atoms with Crippen molar-refractivity contribution in [1.82, 2.24) is 15.5 Å². The summed E-state index contributed by atoms with van der Waals surface area (Å²) in [6.07, 6.45) is 5.98. The Balaban J connectivity index is 1.79. The predicted octanol–water partition coefficient (Wildman–Crippen LogP) is 2.06. The van der Waals surface area contributed by atoms with E-state index in [4.69, 9.17) is 4.99 Å². The molecule has 27 heavy (non-hydrogen) atoms. The molecule has 2 rings (SSSR count). The number of guanidine groups is 1. The Morgan fingerprint density at radius 3 is 2.59 bits per heavy atom. The van der Waals surface area contributed by atoms with Gasteiger partial charge >= 0.3 is 0 Å². The van der Waals surface area contributed by atoms with Crippen LogP contribution in [0.25, 0.3) is 0 Å². The van der Waals surface area contributed by atoms with Crippen LogP contribution < -0.4 is 10.6 Å². The van der Waals surface area contributed by atoms with Crippen molar-refractivity contribution >= 4 is 15.8 Å². The molecule has 152 valence electrons. The molecule has 0 aliphatic carbocycles. The Labute approximate surface area is 164 Å². The summed E-state index contributed by atoms with van der Waals surface area (Å²) in [6, 6.07) is 7.76. The minimum absolute atomic E-state index is 0.362. The number of piperidine rings is 1. The van der Waals surface area contributed by atoms with Crippen LogP contribution in [-0.2, 0) is 16.3 Å². The molecule has 1 aromatic rings. The Bertz CT molecular complexity index is 701. The van der Waals surface area contributed by atoms with Gasteiger partial charge in [-0.15, -0.1) is 0 Å². The zero-order chi connectivity index (χ0) is 19.7. The summed E-state index contributed by atoms with van der Waals surface area (Å²) in [6.45, 7) is 8.94. The van der Waals surface area contributed by atoms with Gasteiger partial charge in [0.15, 0.2) is 15.8 Å². The molecule has 0 saturated carbocycles. The van der Waals surface area contributed by atoms with Crippen LogP contribution in [0.2, 0.25) is 0 Å². The fraction of sp³-hybridized carbons (Fsp3) is 0.650. The smallest absolute Gasteiger partial charge is 0.191 e. The van der Waals surface area contributed by atoms with Gasteiger partial charge in [-0.3, -0.25) is 9.89 Å². The lowest BCUT2D eigenvalue weighted by molar-refractivity contribution is 0.166. The highest BCUT2D eigenvalue weighted by Crippen LogP contribution is 2.15. The maximum Gasteiger partial charge on any atom is 0.191 e. The summed E-state index contributed by atoms with van der Waals surface area (Å²) in [4.78, 5) is 7.58. The fourth-order valence-electron chi connectivity index (χ4n) is 3.35. The van der Waals surface area contributed by atoms with E-state index in [1.807, 2.05) is 12.1 Å². The van der Waals surface area contributed by atoms with Gasteiger partial charge < -0.3 is 10.6 Å². The summed E-state index contributed by atoms with van der Waals surface area (Å²) in [5, 5.41) is 6.65. The van der Waals surface area contributed by atoms with Gasteiger partial charge in [0.1, 0.15) is 0 Å². The van der Waals surface area contributed by atoms with E-state index in [2.05, 4.69) is 29.4 Å². The van der Waals surface area contributed by atoms with Crippen molar-refractivity contribution in [3.05, 3.63) is 29.8 Å². The largest absolute Gasteiger partial charge is 0.357 e. The van der Waals surface area contributed by atoms with Gasteiger partial charge in [0.2, 0.25) is 0 Å². The van der Waals surface area contributed by atoms with Gasteiger partial charge in [0, 0.05) is 31.9 Å². The molecule has 1 heterocycles. The normalized spacial score (nSPS) is 19.1. The Hall–Kier alpha value is -1.60. The molecule has 0 radical (unpaired) electrons. The average Bonchev–Trinajstić information content (AvgIpc) is 2.63. The fourth-order valence-corrected chi connectivity index (χ4v) is 3.98. The number of rotatable bonds is 8. The summed E-state index contributed by atoms with van der Waals surface area (Å²) in [5.74, 6) is 0.843. The zero-order valence-corrected chi connectivity index (χ0v) is 17.7. The standard InChI is InChI=1S/C20H34N4O2S/c1-4-21-20(23-14-16-24-15-6-5-7-17(24)2)22-13-12-18-8-10-19(11-9-18)27(3,25)26/h8-11,17H,4-7,12-16H2,1-3H3,(H2,21,22,23). The second kappa shape index (κ2) is 10.7. The lowest BCUT2D eigenvalue weighted by Crippen LogP contribution is -2.41. The monoisotopic (exact) mass is 394 g/mol. The van der Waals surface area contributed by atoms with Crippen LogP contribution in [-0.4, -0.2) is 64.3 Å². The Kier molecular flexibility index (Phi) is 8.57. The van der Waals surface area contributed by atoms with Crippen LogP contribution in [0.3, 0.4) is 0 Å². The first-order chi connectivity index (χ1) is 12.9. The predicted molar refractivity (Wildman–Crippen MR) is 112 cm³/mol. The molecule has 1 unspecified atom stereocenters. The number of hydrogen-bond acceptors (Lipinski definition) is 4. The van der Waals surface area contributed by atoms with Crippen molar-refractivity contribution in [2.24, 2.45) is 4.99 Å². The molecule has 7 heteroatoms. The third-order valence-electron chi connectivity index (χ3n) is 5.00. The number of nitrogens with one attached hydrogen (secondary N) is 2. The summed E-state index contributed by atoms with van der Waals surface area (Å²) in [5.41, 5.74) is 1.10. The van der Waals surface area contributed by atoms with Gasteiger partial charge in [-0.25, -0.2) is 8.42 Å². The molecule has 0 bridgehead atoms. The molecule has 0 amide bonds. The maximum absolute atomic E-state index is 11.5. The first-order valence-electron chi connectivity index (χ1n) is 9.95. The number of hydrogen-bond donors (Lipinski definition) is 2. The first kappa shape index (κ1) is 21.7. The highest BCUT2D eigenvalue weighted by atomic mass is 32.2. The zero-order valence-electron chi connectivity index (χ0n) is 16.9. The molecular formula is C20H34N4O2S. The van der Waals surface area contributed by atoms with Crippen molar-refractivity contribution in [3.63, 3.8) is 0 Å². The van der Waals surface area contributed by atoms with E-state index in [1.54, 1.807) is 12.1 Å². The van der Waals surface area contributed by atoms with Gasteiger partial charge in [-0.2, -0.15) is 0 Å². The first-order valence-corrected chi connectivity index (χ1v) is 11.8. The molecule has 1 aliphatic rings. The molecule has 1 atom stereocenters. The molecular weight excluding hydrogens is 360 g/mol. The van der Waals surface area contributed by atoms with Crippen LogP contribution in [0.4, 0.5) is 0 Å². The van der Waals surface area contributed by atoms with Crippen molar-refractivity contribution in [2.75, 3.05) is 39.0 Å². The van der Waals surface area contributed by atoms with Crippen LogP contribution in [0.1, 0.15) is 38.7 Å². The molecule has 1 aromatic carbocycles. The highest BCUT2D eigenvalue weighted by molar-refractivity contribution is 7.90. The highest BCUT2D eigenvalue weighted by Gasteiger charge is 2.17. The SMILES string of the molecule is CCNC(=NCCN1CCCCC1C)NCCc1ccc(S(C)(=O)=O)cc1. The molecule has 1 aliphatic heterocycles. The second-order valence-corrected chi connectivity index (χ2v) is 9.25. The minimum atomic E-state index is -3.13. The maximum atomic E-state index is 11.5. The van der Waals surface area contributed by atoms with Gasteiger partial charge in [-0.1, -0.05) is 18.6 Å². The van der Waals surface area contributed by atoms with Crippen LogP contribution in [0, 0.1) is 0 Å². The molecule has 1 fully saturated rings. The van der Waals surface area contributed by atoms with Crippen molar-refractivity contribution in [2.45, 2.75) is 50.5 Å². The quantitative estimate of drug-likeness (QED) is 0.522. The van der Waals surface area contributed by atoms with E-state index in [0.29, 0.717) is 10.9 Å². The summed E-state index contributed by atoms with van der Waals surface area (Å²) >= 11 is 0. The second-order valence-electron chi connectivity index (χ2n) is 7.23. The van der Waals surface area contributed by atoms with Gasteiger partial charge in [-0.05, 0) is 57.4 Å². The van der Waals surface area contributed by atoms with Crippen molar-refractivity contribution in [1.29, 1.82) is 0 Å². The number of aliphatic imine (C=N–C) groups is 1. The third-order valence-corrected chi connectivity index (χ3v) is 6.13. The number of benzene rings is 1. The number of likely N-dealkylation sites (tertiary alicyclic amines) is 1. The molecule has 1 saturated heterocycles. The van der Waals surface area contributed by atoms with E-state index in [0.717, 1.165) is 44.1 Å². The molecule has 2 N–H and O–H groups in total. The van der Waals surface area contributed by atoms with Gasteiger partial charge in [0.25, 0.3) is 0 Å². The van der Waals surface area contributed by atoms with Crippen molar-refractivity contribution in [3.8, 4) is 0 Å². The third kappa shape index (κ3) is 7.50. The van der Waals surface area contributed by atoms with E-state index in [9.17, 15) is 8.42 Å². The van der Waals surface area contributed by atoms with Gasteiger partial charge in [0.05, 0.1) is 11.4 Å². The number of nitrogens with zero attached hydrogens (tertiary/aromatic N) is 2. The minimum Gasteiger partial charge on any atom is -0.357 e. The topological polar surface area (TPSA) is 73.8 Å². The Morgan fingerprint density at radius 1 is 1.22 bits per heavy atom. The summed E-state index contributed by atoms with van der Waals surface area (Å²) < 4.78 is 23.0.